The number of carbonyl (C=O) groups excluding carboxylic acids is 1. The van der Waals surface area contributed by atoms with Crippen molar-refractivity contribution in [3.05, 3.63) is 113 Å². The molecule has 1 heterocycles. The summed E-state index contributed by atoms with van der Waals surface area (Å²) in [6.07, 6.45) is 4.31. The van der Waals surface area contributed by atoms with Crippen molar-refractivity contribution in [2.45, 2.75) is 31.7 Å². The molecule has 0 spiro atoms. The molecule has 0 fully saturated rings. The smallest absolute Gasteiger partial charge is 0.191 e. The highest BCUT2D eigenvalue weighted by Crippen LogP contribution is 2.36. The first-order valence-corrected chi connectivity index (χ1v) is 10.6. The number of Topliss-reactive ketones (excluding diaryl/α,β-unsaturated/α-hetero) is 1. The van der Waals surface area contributed by atoms with Crippen molar-refractivity contribution in [2.24, 2.45) is 0 Å². The lowest BCUT2D eigenvalue weighted by atomic mass is 9.92. The largest absolute Gasteiger partial charge is 0.291 e. The SMILES string of the molecule is O=C(c1ccccc1)[C@@H](c1ccccc1)n1nc2c(c1-c1ccccc1)CCCC2. The lowest BCUT2D eigenvalue weighted by molar-refractivity contribution is 0.0940. The summed E-state index contributed by atoms with van der Waals surface area (Å²) in [5.74, 6) is 0.0684. The van der Waals surface area contributed by atoms with E-state index >= 15 is 0 Å². The van der Waals surface area contributed by atoms with E-state index in [1.165, 1.54) is 12.0 Å². The van der Waals surface area contributed by atoms with Crippen molar-refractivity contribution in [1.82, 2.24) is 9.78 Å². The topological polar surface area (TPSA) is 34.9 Å². The Bertz CT molecular complexity index is 1150. The molecule has 0 amide bonds. The number of nitrogens with zero attached hydrogens (tertiary/aromatic N) is 2. The maximum atomic E-state index is 13.8. The van der Waals surface area contributed by atoms with E-state index in [-0.39, 0.29) is 5.78 Å². The van der Waals surface area contributed by atoms with Crippen LogP contribution < -0.4 is 0 Å². The maximum absolute atomic E-state index is 13.8. The number of hydrogen-bond acceptors (Lipinski definition) is 2. The average Bonchev–Trinajstić information content (AvgIpc) is 3.20. The highest BCUT2D eigenvalue weighted by atomic mass is 16.1. The molecule has 30 heavy (non-hydrogen) atoms. The Morgan fingerprint density at radius 1 is 0.767 bits per heavy atom. The van der Waals surface area contributed by atoms with Gasteiger partial charge in [0.15, 0.2) is 5.78 Å². The predicted molar refractivity (Wildman–Crippen MR) is 120 cm³/mol. The first-order chi connectivity index (χ1) is 14.8. The third-order valence-corrected chi connectivity index (χ3v) is 5.90. The molecule has 148 valence electrons. The van der Waals surface area contributed by atoms with Gasteiger partial charge >= 0.3 is 0 Å². The standard InChI is InChI=1S/C27H24N2O/c30-27(22-16-8-3-9-17-22)26(21-14-6-2-7-15-21)29-25(20-12-4-1-5-13-20)23-18-10-11-19-24(23)28-29/h1-9,12-17,26H,10-11,18-19H2/t26-/m1/s1. The van der Waals surface area contributed by atoms with Crippen LogP contribution in [0.1, 0.15) is 46.1 Å². The molecule has 0 saturated heterocycles. The molecule has 1 aliphatic rings. The number of benzene rings is 3. The van der Waals surface area contributed by atoms with Crippen LogP contribution in [0.5, 0.6) is 0 Å². The number of aromatic nitrogens is 2. The predicted octanol–water partition coefficient (Wildman–Crippen LogP) is 5.90. The Hall–Kier alpha value is -3.46. The molecule has 0 aliphatic heterocycles. The molecule has 3 heteroatoms. The summed E-state index contributed by atoms with van der Waals surface area (Å²) in [4.78, 5) is 13.8. The Morgan fingerprint density at radius 3 is 2.07 bits per heavy atom. The van der Waals surface area contributed by atoms with Crippen molar-refractivity contribution in [1.29, 1.82) is 0 Å². The minimum absolute atomic E-state index is 0.0684. The fourth-order valence-electron chi connectivity index (χ4n) is 4.46. The van der Waals surface area contributed by atoms with Crippen LogP contribution in [0.15, 0.2) is 91.0 Å². The van der Waals surface area contributed by atoms with Crippen LogP contribution in [-0.2, 0) is 12.8 Å². The van der Waals surface area contributed by atoms with E-state index in [0.717, 1.165) is 41.8 Å². The van der Waals surface area contributed by atoms with E-state index in [4.69, 9.17) is 5.10 Å². The maximum Gasteiger partial charge on any atom is 0.191 e. The van der Waals surface area contributed by atoms with E-state index in [1.54, 1.807) is 0 Å². The van der Waals surface area contributed by atoms with Gasteiger partial charge in [0.25, 0.3) is 0 Å². The molecule has 0 N–H and O–H groups in total. The summed E-state index contributed by atoms with van der Waals surface area (Å²) < 4.78 is 2.00. The Kier molecular flexibility index (Phi) is 5.02. The second-order valence-electron chi connectivity index (χ2n) is 7.84. The van der Waals surface area contributed by atoms with Gasteiger partial charge in [-0.15, -0.1) is 0 Å². The van der Waals surface area contributed by atoms with Gasteiger partial charge in [0.2, 0.25) is 0 Å². The summed E-state index contributed by atoms with van der Waals surface area (Å²) in [6, 6.07) is 29.5. The molecule has 4 aromatic rings. The Morgan fingerprint density at radius 2 is 1.37 bits per heavy atom. The third kappa shape index (κ3) is 3.37. The molecule has 0 radical (unpaired) electrons. The number of rotatable bonds is 5. The quantitative estimate of drug-likeness (QED) is 0.396. The molecule has 0 saturated carbocycles. The number of aryl methyl sites for hydroxylation is 1. The van der Waals surface area contributed by atoms with Gasteiger partial charge in [0.1, 0.15) is 6.04 Å². The molecule has 0 bridgehead atoms. The molecule has 1 atom stereocenters. The van der Waals surface area contributed by atoms with Gasteiger partial charge in [-0.05, 0) is 31.2 Å². The minimum atomic E-state index is -0.491. The van der Waals surface area contributed by atoms with Gasteiger partial charge in [-0.3, -0.25) is 4.79 Å². The number of fused-ring (bicyclic) bond motifs is 1. The van der Waals surface area contributed by atoms with Crippen LogP contribution in [0.25, 0.3) is 11.3 Å². The summed E-state index contributed by atoms with van der Waals surface area (Å²) in [7, 11) is 0. The van der Waals surface area contributed by atoms with Crippen LogP contribution in [0.3, 0.4) is 0 Å². The number of carbonyl (C=O) groups is 1. The fourth-order valence-corrected chi connectivity index (χ4v) is 4.46. The lowest BCUT2D eigenvalue weighted by Crippen LogP contribution is -2.23. The molecule has 3 nitrogen and oxygen atoms in total. The van der Waals surface area contributed by atoms with E-state index in [9.17, 15) is 4.79 Å². The molecule has 3 aromatic carbocycles. The second-order valence-corrected chi connectivity index (χ2v) is 7.84. The molecule has 5 rings (SSSR count). The number of ketones is 1. The first kappa shape index (κ1) is 18.6. The van der Waals surface area contributed by atoms with E-state index < -0.39 is 6.04 Å². The molecule has 1 aromatic heterocycles. The summed E-state index contributed by atoms with van der Waals surface area (Å²) in [5, 5.41) is 5.05. The van der Waals surface area contributed by atoms with Crippen molar-refractivity contribution in [3.8, 4) is 11.3 Å². The molecule has 1 aliphatic carbocycles. The van der Waals surface area contributed by atoms with E-state index in [2.05, 4.69) is 24.3 Å². The third-order valence-electron chi connectivity index (χ3n) is 5.90. The zero-order valence-corrected chi connectivity index (χ0v) is 16.9. The van der Waals surface area contributed by atoms with Crippen molar-refractivity contribution < 1.29 is 4.79 Å². The Balaban J connectivity index is 1.74. The van der Waals surface area contributed by atoms with Crippen molar-refractivity contribution in [3.63, 3.8) is 0 Å². The van der Waals surface area contributed by atoms with Gasteiger partial charge in [0.05, 0.1) is 11.4 Å². The van der Waals surface area contributed by atoms with Crippen LogP contribution in [-0.4, -0.2) is 15.6 Å². The monoisotopic (exact) mass is 392 g/mol. The van der Waals surface area contributed by atoms with E-state index in [1.807, 2.05) is 71.4 Å². The van der Waals surface area contributed by atoms with Gasteiger partial charge in [-0.2, -0.15) is 5.10 Å². The van der Waals surface area contributed by atoms with E-state index in [0.29, 0.717) is 5.56 Å². The summed E-state index contributed by atoms with van der Waals surface area (Å²) in [6.45, 7) is 0. The molecular formula is C27H24N2O. The van der Waals surface area contributed by atoms with Crippen LogP contribution in [0.4, 0.5) is 0 Å². The fraction of sp³-hybridized carbons (Fsp3) is 0.185. The van der Waals surface area contributed by atoms with Crippen LogP contribution in [0, 0.1) is 0 Å². The average molecular weight is 393 g/mol. The molecule has 0 unspecified atom stereocenters. The first-order valence-electron chi connectivity index (χ1n) is 10.6. The molecular weight excluding hydrogens is 368 g/mol. The summed E-state index contributed by atoms with van der Waals surface area (Å²) >= 11 is 0. The van der Waals surface area contributed by atoms with Gasteiger partial charge in [-0.25, -0.2) is 4.68 Å². The highest BCUT2D eigenvalue weighted by molar-refractivity contribution is 6.01. The normalized spacial score (nSPS) is 14.1. The lowest BCUT2D eigenvalue weighted by Gasteiger charge is -2.21. The zero-order chi connectivity index (χ0) is 20.3. The van der Waals surface area contributed by atoms with Crippen molar-refractivity contribution in [2.75, 3.05) is 0 Å². The second kappa shape index (κ2) is 8.11. The zero-order valence-electron chi connectivity index (χ0n) is 16.9. The highest BCUT2D eigenvalue weighted by Gasteiger charge is 2.31. The van der Waals surface area contributed by atoms with Crippen LogP contribution in [0.2, 0.25) is 0 Å². The van der Waals surface area contributed by atoms with Gasteiger partial charge in [0, 0.05) is 16.7 Å². The Labute approximate surface area is 177 Å². The van der Waals surface area contributed by atoms with Crippen LogP contribution >= 0.6 is 0 Å². The minimum Gasteiger partial charge on any atom is -0.291 e. The van der Waals surface area contributed by atoms with Crippen molar-refractivity contribution >= 4 is 5.78 Å². The summed E-state index contributed by atoms with van der Waals surface area (Å²) in [5.41, 5.74) is 6.32. The van der Waals surface area contributed by atoms with Gasteiger partial charge in [-0.1, -0.05) is 91.0 Å². The number of hydrogen-bond donors (Lipinski definition) is 0. The van der Waals surface area contributed by atoms with Gasteiger partial charge < -0.3 is 0 Å².